The van der Waals surface area contributed by atoms with Crippen LogP contribution in [0.1, 0.15) is 38.7 Å². The van der Waals surface area contributed by atoms with Gasteiger partial charge in [0, 0.05) is 5.54 Å². The smallest absolute Gasteiger partial charge is 0.0171 e. The lowest BCUT2D eigenvalue weighted by molar-refractivity contribution is 0.337. The van der Waals surface area contributed by atoms with Crippen LogP contribution in [0.3, 0.4) is 0 Å². The van der Waals surface area contributed by atoms with Gasteiger partial charge in [-0.1, -0.05) is 37.3 Å². The van der Waals surface area contributed by atoms with Crippen LogP contribution in [0.4, 0.5) is 0 Å². The van der Waals surface area contributed by atoms with E-state index in [0.29, 0.717) is 5.41 Å². The molecule has 1 aliphatic rings. The fourth-order valence-corrected chi connectivity index (χ4v) is 2.49. The van der Waals surface area contributed by atoms with E-state index >= 15 is 0 Å². The third-order valence-electron chi connectivity index (χ3n) is 3.38. The van der Waals surface area contributed by atoms with Crippen molar-refractivity contribution in [1.82, 2.24) is 0 Å². The van der Waals surface area contributed by atoms with E-state index in [1.54, 1.807) is 0 Å². The fourth-order valence-electron chi connectivity index (χ4n) is 2.49. The first kappa shape index (κ1) is 10.7. The minimum absolute atomic E-state index is 0.0490. The Bertz CT molecular complexity index is 322. The van der Waals surface area contributed by atoms with Crippen molar-refractivity contribution in [2.75, 3.05) is 0 Å². The van der Waals surface area contributed by atoms with Crippen LogP contribution >= 0.6 is 0 Å². The first-order valence-electron chi connectivity index (χ1n) is 5.82. The molecule has 2 rings (SSSR count). The van der Waals surface area contributed by atoms with Crippen LogP contribution in [0.15, 0.2) is 30.3 Å². The molecule has 1 aliphatic carbocycles. The molecule has 0 amide bonds. The molecule has 0 aliphatic heterocycles. The van der Waals surface area contributed by atoms with E-state index in [9.17, 15) is 0 Å². The number of benzene rings is 1. The predicted molar refractivity (Wildman–Crippen MR) is 64.7 cm³/mol. The molecule has 1 heteroatoms. The van der Waals surface area contributed by atoms with E-state index in [2.05, 4.69) is 44.2 Å². The van der Waals surface area contributed by atoms with E-state index < -0.39 is 0 Å². The SMILES string of the molecule is CC1(C[C@@](C)(N)Cc2ccccc2)CC1. The molecule has 82 valence electrons. The summed E-state index contributed by atoms with van der Waals surface area (Å²) in [6, 6.07) is 10.6. The molecule has 0 saturated heterocycles. The lowest BCUT2D eigenvalue weighted by Gasteiger charge is -2.28. The molecule has 0 radical (unpaired) electrons. The van der Waals surface area contributed by atoms with E-state index in [4.69, 9.17) is 5.73 Å². The maximum absolute atomic E-state index is 6.37. The van der Waals surface area contributed by atoms with Crippen molar-refractivity contribution in [1.29, 1.82) is 0 Å². The second-order valence-electron chi connectivity index (χ2n) is 5.80. The van der Waals surface area contributed by atoms with E-state index in [-0.39, 0.29) is 5.54 Å². The van der Waals surface area contributed by atoms with E-state index in [1.807, 2.05) is 0 Å². The van der Waals surface area contributed by atoms with Crippen LogP contribution < -0.4 is 5.73 Å². The lowest BCUT2D eigenvalue weighted by Crippen LogP contribution is -2.40. The van der Waals surface area contributed by atoms with Gasteiger partial charge in [0.15, 0.2) is 0 Å². The van der Waals surface area contributed by atoms with E-state index in [0.717, 1.165) is 12.8 Å². The Labute approximate surface area is 92.7 Å². The van der Waals surface area contributed by atoms with Crippen LogP contribution in [0, 0.1) is 5.41 Å². The van der Waals surface area contributed by atoms with Crippen molar-refractivity contribution < 1.29 is 0 Å². The van der Waals surface area contributed by atoms with Crippen LogP contribution in [-0.4, -0.2) is 5.54 Å². The molecule has 1 aromatic carbocycles. The Morgan fingerprint density at radius 1 is 1.27 bits per heavy atom. The minimum atomic E-state index is -0.0490. The normalized spacial score (nSPS) is 22.1. The number of hydrogen-bond acceptors (Lipinski definition) is 1. The van der Waals surface area contributed by atoms with Crippen LogP contribution in [0.2, 0.25) is 0 Å². The first-order chi connectivity index (χ1) is 6.99. The highest BCUT2D eigenvalue weighted by atomic mass is 14.7. The summed E-state index contributed by atoms with van der Waals surface area (Å²) in [5, 5.41) is 0. The second kappa shape index (κ2) is 3.64. The van der Waals surface area contributed by atoms with Crippen LogP contribution in [-0.2, 0) is 6.42 Å². The summed E-state index contributed by atoms with van der Waals surface area (Å²) in [6.45, 7) is 4.53. The van der Waals surface area contributed by atoms with Gasteiger partial charge in [-0.05, 0) is 43.6 Å². The van der Waals surface area contributed by atoms with Crippen molar-refractivity contribution in [3.05, 3.63) is 35.9 Å². The van der Waals surface area contributed by atoms with Gasteiger partial charge in [0.05, 0.1) is 0 Å². The molecule has 1 saturated carbocycles. The average Bonchev–Trinajstić information content (AvgIpc) is 2.82. The van der Waals surface area contributed by atoms with Gasteiger partial charge in [-0.25, -0.2) is 0 Å². The van der Waals surface area contributed by atoms with E-state index in [1.165, 1.54) is 18.4 Å². The highest BCUT2D eigenvalue weighted by Crippen LogP contribution is 2.50. The van der Waals surface area contributed by atoms with Gasteiger partial charge in [-0.2, -0.15) is 0 Å². The highest BCUT2D eigenvalue weighted by Gasteiger charge is 2.41. The summed E-state index contributed by atoms with van der Waals surface area (Å²) >= 11 is 0. The zero-order chi connectivity index (χ0) is 10.9. The third kappa shape index (κ3) is 3.07. The van der Waals surface area contributed by atoms with Gasteiger partial charge < -0.3 is 5.73 Å². The number of hydrogen-bond donors (Lipinski definition) is 1. The summed E-state index contributed by atoms with van der Waals surface area (Å²) in [7, 11) is 0. The maximum Gasteiger partial charge on any atom is 0.0171 e. The number of nitrogens with two attached hydrogens (primary N) is 1. The first-order valence-corrected chi connectivity index (χ1v) is 5.82. The zero-order valence-corrected chi connectivity index (χ0v) is 9.79. The lowest BCUT2D eigenvalue weighted by atomic mass is 9.84. The Balaban J connectivity index is 1.98. The van der Waals surface area contributed by atoms with Crippen molar-refractivity contribution in [2.45, 2.75) is 45.1 Å². The molecule has 2 N–H and O–H groups in total. The van der Waals surface area contributed by atoms with Gasteiger partial charge in [0.25, 0.3) is 0 Å². The monoisotopic (exact) mass is 203 g/mol. The van der Waals surface area contributed by atoms with Crippen molar-refractivity contribution in [3.63, 3.8) is 0 Å². The zero-order valence-electron chi connectivity index (χ0n) is 9.79. The summed E-state index contributed by atoms with van der Waals surface area (Å²) in [5.74, 6) is 0. The minimum Gasteiger partial charge on any atom is -0.325 e. The molecule has 0 heterocycles. The standard InChI is InChI=1S/C14H21N/c1-13(8-9-13)11-14(2,15)10-12-6-4-3-5-7-12/h3-7H,8-11,15H2,1-2H3/t14-/m0/s1. The summed E-state index contributed by atoms with van der Waals surface area (Å²) in [4.78, 5) is 0. The molecule has 15 heavy (non-hydrogen) atoms. The molecule has 0 bridgehead atoms. The summed E-state index contributed by atoms with van der Waals surface area (Å²) in [5.41, 5.74) is 8.22. The molecular formula is C14H21N. The Morgan fingerprint density at radius 2 is 1.87 bits per heavy atom. The molecule has 1 atom stereocenters. The van der Waals surface area contributed by atoms with Gasteiger partial charge >= 0.3 is 0 Å². The Hall–Kier alpha value is -0.820. The molecule has 1 nitrogen and oxygen atoms in total. The molecule has 1 aromatic rings. The third-order valence-corrected chi connectivity index (χ3v) is 3.38. The van der Waals surface area contributed by atoms with Gasteiger partial charge in [0.2, 0.25) is 0 Å². The predicted octanol–water partition coefficient (Wildman–Crippen LogP) is 3.14. The molecule has 0 spiro atoms. The Kier molecular flexibility index (Phi) is 2.59. The van der Waals surface area contributed by atoms with Gasteiger partial charge in [0.1, 0.15) is 0 Å². The van der Waals surface area contributed by atoms with Crippen molar-refractivity contribution in [3.8, 4) is 0 Å². The van der Waals surface area contributed by atoms with Gasteiger partial charge in [-0.3, -0.25) is 0 Å². The Morgan fingerprint density at radius 3 is 2.40 bits per heavy atom. The molecular weight excluding hydrogens is 182 g/mol. The molecule has 1 fully saturated rings. The summed E-state index contributed by atoms with van der Waals surface area (Å²) in [6.07, 6.45) is 4.85. The quantitative estimate of drug-likeness (QED) is 0.799. The van der Waals surface area contributed by atoms with Crippen molar-refractivity contribution in [2.24, 2.45) is 11.1 Å². The highest BCUT2D eigenvalue weighted by molar-refractivity contribution is 5.18. The fraction of sp³-hybridized carbons (Fsp3) is 0.571. The number of rotatable bonds is 4. The molecule has 0 unspecified atom stereocenters. The maximum atomic E-state index is 6.37. The summed E-state index contributed by atoms with van der Waals surface area (Å²) < 4.78 is 0. The van der Waals surface area contributed by atoms with Crippen molar-refractivity contribution >= 4 is 0 Å². The largest absolute Gasteiger partial charge is 0.325 e. The van der Waals surface area contributed by atoms with Crippen LogP contribution in [0.5, 0.6) is 0 Å². The molecule has 0 aromatic heterocycles. The average molecular weight is 203 g/mol. The van der Waals surface area contributed by atoms with Gasteiger partial charge in [-0.15, -0.1) is 0 Å². The topological polar surface area (TPSA) is 26.0 Å². The second-order valence-corrected chi connectivity index (χ2v) is 5.80. The van der Waals surface area contributed by atoms with Crippen LogP contribution in [0.25, 0.3) is 0 Å².